The van der Waals surface area contributed by atoms with E-state index in [1.807, 2.05) is 6.92 Å². The highest BCUT2D eigenvalue weighted by molar-refractivity contribution is 7.89. The van der Waals surface area contributed by atoms with Crippen LogP contribution in [0, 0.1) is 5.92 Å². The molecule has 1 amide bonds. The largest absolute Gasteiger partial charge is 0.468 e. The Hall–Kier alpha value is -1.93. The van der Waals surface area contributed by atoms with E-state index >= 15 is 0 Å². The van der Waals surface area contributed by atoms with E-state index in [1.54, 1.807) is 6.92 Å². The lowest BCUT2D eigenvalue weighted by atomic mass is 10.0. The standard InChI is InChI=1S/C15H22N2O5S/c1-5-10(2)14(15(19)22-4)17-23(20,21)13-8-6-12(7-9-13)16-11(3)18/h6-10,14,17H,5H2,1-4H3,(H,16,18)/t10-,14+/m0/s1. The number of ether oxygens (including phenoxy) is 1. The van der Waals surface area contributed by atoms with E-state index in [2.05, 4.69) is 14.8 Å². The van der Waals surface area contributed by atoms with Crippen molar-refractivity contribution in [2.45, 2.75) is 38.1 Å². The van der Waals surface area contributed by atoms with Crippen LogP contribution in [0.1, 0.15) is 27.2 Å². The molecule has 0 fully saturated rings. The molecule has 23 heavy (non-hydrogen) atoms. The number of carbonyl (C=O) groups excluding carboxylic acids is 2. The molecular formula is C15H22N2O5S. The number of rotatable bonds is 7. The Morgan fingerprint density at radius 2 is 1.78 bits per heavy atom. The van der Waals surface area contributed by atoms with Gasteiger partial charge in [-0.05, 0) is 30.2 Å². The van der Waals surface area contributed by atoms with Gasteiger partial charge in [-0.3, -0.25) is 9.59 Å². The highest BCUT2D eigenvalue weighted by Crippen LogP contribution is 2.17. The molecule has 0 radical (unpaired) electrons. The lowest BCUT2D eigenvalue weighted by Gasteiger charge is -2.21. The van der Waals surface area contributed by atoms with Gasteiger partial charge in [-0.1, -0.05) is 20.3 Å². The molecule has 0 heterocycles. The Bertz CT molecular complexity index is 655. The van der Waals surface area contributed by atoms with Crippen LogP contribution in [-0.4, -0.2) is 33.4 Å². The predicted molar refractivity (Wildman–Crippen MR) is 86.3 cm³/mol. The zero-order valence-corrected chi connectivity index (χ0v) is 14.4. The van der Waals surface area contributed by atoms with Crippen LogP contribution in [0.3, 0.4) is 0 Å². The fraction of sp³-hybridized carbons (Fsp3) is 0.467. The maximum atomic E-state index is 12.4. The first-order valence-electron chi connectivity index (χ1n) is 7.19. The van der Waals surface area contributed by atoms with Gasteiger partial charge in [0.05, 0.1) is 12.0 Å². The van der Waals surface area contributed by atoms with E-state index in [0.717, 1.165) is 0 Å². The zero-order valence-electron chi connectivity index (χ0n) is 13.6. The van der Waals surface area contributed by atoms with Crippen molar-refractivity contribution in [3.8, 4) is 0 Å². The van der Waals surface area contributed by atoms with Gasteiger partial charge in [0.25, 0.3) is 0 Å². The minimum absolute atomic E-state index is 0.00353. The molecule has 2 N–H and O–H groups in total. The van der Waals surface area contributed by atoms with Gasteiger partial charge in [0.15, 0.2) is 0 Å². The van der Waals surface area contributed by atoms with Crippen molar-refractivity contribution in [2.75, 3.05) is 12.4 Å². The van der Waals surface area contributed by atoms with Gasteiger partial charge in [-0.15, -0.1) is 0 Å². The molecule has 1 aromatic rings. The molecule has 0 spiro atoms. The number of anilines is 1. The third kappa shape index (κ3) is 5.33. The lowest BCUT2D eigenvalue weighted by Crippen LogP contribution is -2.45. The molecule has 0 aliphatic rings. The summed E-state index contributed by atoms with van der Waals surface area (Å²) in [5, 5.41) is 2.55. The molecule has 7 nitrogen and oxygen atoms in total. The Labute approximate surface area is 136 Å². The molecule has 0 saturated carbocycles. The predicted octanol–water partition coefficient (Wildman–Crippen LogP) is 1.51. The minimum atomic E-state index is -3.88. The van der Waals surface area contributed by atoms with Crippen LogP contribution in [0.2, 0.25) is 0 Å². The molecule has 0 aromatic heterocycles. The van der Waals surface area contributed by atoms with Crippen LogP contribution in [0.15, 0.2) is 29.2 Å². The van der Waals surface area contributed by atoms with E-state index in [0.29, 0.717) is 12.1 Å². The quantitative estimate of drug-likeness (QED) is 0.731. The van der Waals surface area contributed by atoms with Crippen molar-refractivity contribution in [1.82, 2.24) is 4.72 Å². The number of carbonyl (C=O) groups is 2. The molecule has 2 atom stereocenters. The minimum Gasteiger partial charge on any atom is -0.468 e. The van der Waals surface area contributed by atoms with E-state index in [1.165, 1.54) is 38.3 Å². The molecule has 0 aliphatic carbocycles. The van der Waals surface area contributed by atoms with Crippen LogP contribution in [0.5, 0.6) is 0 Å². The highest BCUT2D eigenvalue weighted by Gasteiger charge is 2.30. The molecule has 0 unspecified atom stereocenters. The number of hydrogen-bond donors (Lipinski definition) is 2. The summed E-state index contributed by atoms with van der Waals surface area (Å²) in [5.74, 6) is -1.09. The van der Waals surface area contributed by atoms with Crippen LogP contribution >= 0.6 is 0 Å². The molecule has 8 heteroatoms. The summed E-state index contributed by atoms with van der Waals surface area (Å²) < 4.78 is 31.9. The van der Waals surface area contributed by atoms with Crippen molar-refractivity contribution in [2.24, 2.45) is 5.92 Å². The average Bonchev–Trinajstić information content (AvgIpc) is 2.51. The lowest BCUT2D eigenvalue weighted by molar-refractivity contribution is -0.143. The topological polar surface area (TPSA) is 102 Å². The summed E-state index contributed by atoms with van der Waals surface area (Å²) in [4.78, 5) is 22.8. The van der Waals surface area contributed by atoms with Gasteiger partial charge in [0.1, 0.15) is 6.04 Å². The summed E-state index contributed by atoms with van der Waals surface area (Å²) in [6.07, 6.45) is 0.615. The SMILES string of the molecule is CC[C@H](C)[C@@H](NS(=O)(=O)c1ccc(NC(C)=O)cc1)C(=O)OC. The molecule has 1 aromatic carbocycles. The molecular weight excluding hydrogens is 320 g/mol. The maximum Gasteiger partial charge on any atom is 0.324 e. The van der Waals surface area contributed by atoms with Gasteiger partial charge in [-0.25, -0.2) is 8.42 Å². The number of benzene rings is 1. The van der Waals surface area contributed by atoms with Crippen molar-refractivity contribution in [1.29, 1.82) is 0 Å². The number of nitrogens with one attached hydrogen (secondary N) is 2. The Morgan fingerprint density at radius 3 is 2.22 bits per heavy atom. The first-order valence-corrected chi connectivity index (χ1v) is 8.67. The molecule has 0 bridgehead atoms. The number of methoxy groups -OCH3 is 1. The Kier molecular flexibility index (Phi) is 6.71. The first-order chi connectivity index (χ1) is 10.7. The molecule has 0 aliphatic heterocycles. The van der Waals surface area contributed by atoms with Crippen molar-refractivity contribution in [3.63, 3.8) is 0 Å². The van der Waals surface area contributed by atoms with E-state index in [-0.39, 0.29) is 16.7 Å². The normalized spacial score (nSPS) is 13.9. The molecule has 1 rings (SSSR count). The van der Waals surface area contributed by atoms with Crippen LogP contribution < -0.4 is 10.0 Å². The maximum absolute atomic E-state index is 12.4. The third-order valence-corrected chi connectivity index (χ3v) is 4.89. The second-order valence-corrected chi connectivity index (χ2v) is 6.93. The summed E-state index contributed by atoms with van der Waals surface area (Å²) in [6, 6.07) is 4.72. The average molecular weight is 342 g/mol. The fourth-order valence-electron chi connectivity index (χ4n) is 1.92. The molecule has 128 valence electrons. The first kappa shape index (κ1) is 19.1. The van der Waals surface area contributed by atoms with Gasteiger partial charge in [0.2, 0.25) is 15.9 Å². The summed E-state index contributed by atoms with van der Waals surface area (Å²) in [6.45, 7) is 4.99. The summed E-state index contributed by atoms with van der Waals surface area (Å²) >= 11 is 0. The summed E-state index contributed by atoms with van der Waals surface area (Å²) in [7, 11) is -2.66. The van der Waals surface area contributed by atoms with Crippen molar-refractivity contribution < 1.29 is 22.7 Å². The highest BCUT2D eigenvalue weighted by atomic mass is 32.2. The summed E-state index contributed by atoms with van der Waals surface area (Å²) in [5.41, 5.74) is 0.489. The number of esters is 1. The third-order valence-electron chi connectivity index (χ3n) is 3.44. The Balaban J connectivity index is 3.00. The zero-order chi connectivity index (χ0) is 17.6. The van der Waals surface area contributed by atoms with Crippen LogP contribution in [-0.2, 0) is 24.3 Å². The van der Waals surface area contributed by atoms with E-state index < -0.39 is 22.0 Å². The number of hydrogen-bond acceptors (Lipinski definition) is 5. The molecule has 0 saturated heterocycles. The van der Waals surface area contributed by atoms with E-state index in [4.69, 9.17) is 0 Å². The van der Waals surface area contributed by atoms with Gasteiger partial charge < -0.3 is 10.1 Å². The Morgan fingerprint density at radius 1 is 1.22 bits per heavy atom. The fourth-order valence-corrected chi connectivity index (χ4v) is 3.21. The van der Waals surface area contributed by atoms with Crippen LogP contribution in [0.25, 0.3) is 0 Å². The second kappa shape index (κ2) is 8.07. The van der Waals surface area contributed by atoms with Crippen LogP contribution in [0.4, 0.5) is 5.69 Å². The number of amides is 1. The van der Waals surface area contributed by atoms with Gasteiger partial charge in [0, 0.05) is 12.6 Å². The van der Waals surface area contributed by atoms with Gasteiger partial charge >= 0.3 is 5.97 Å². The smallest absolute Gasteiger partial charge is 0.324 e. The monoisotopic (exact) mass is 342 g/mol. The van der Waals surface area contributed by atoms with E-state index in [9.17, 15) is 18.0 Å². The number of sulfonamides is 1. The van der Waals surface area contributed by atoms with Gasteiger partial charge in [-0.2, -0.15) is 4.72 Å². The van der Waals surface area contributed by atoms with Crippen molar-refractivity contribution in [3.05, 3.63) is 24.3 Å². The second-order valence-electron chi connectivity index (χ2n) is 5.21. The van der Waals surface area contributed by atoms with Crippen molar-refractivity contribution >= 4 is 27.6 Å².